The Balaban J connectivity index is 1.40. The van der Waals surface area contributed by atoms with Gasteiger partial charge in [0.25, 0.3) is 0 Å². The molecule has 6 nitrogen and oxygen atoms in total. The number of fused-ring (bicyclic) bond motifs is 1. The predicted octanol–water partition coefficient (Wildman–Crippen LogP) is 1.56. The molecule has 1 aromatic heterocycles. The van der Waals surface area contributed by atoms with Crippen LogP contribution in [0.2, 0.25) is 0 Å². The van der Waals surface area contributed by atoms with Crippen molar-refractivity contribution in [1.82, 2.24) is 19.8 Å². The first-order valence-electron chi connectivity index (χ1n) is 8.18. The lowest BCUT2D eigenvalue weighted by Crippen LogP contribution is -2.32. The normalized spacial score (nSPS) is 14.3. The second-order valence-electron chi connectivity index (χ2n) is 5.86. The van der Waals surface area contributed by atoms with Gasteiger partial charge in [0.05, 0.1) is 17.4 Å². The van der Waals surface area contributed by atoms with E-state index in [-0.39, 0.29) is 11.8 Å². The van der Waals surface area contributed by atoms with E-state index in [1.54, 1.807) is 6.33 Å². The van der Waals surface area contributed by atoms with E-state index in [2.05, 4.69) is 10.3 Å². The number of aromatic nitrogens is 2. The minimum absolute atomic E-state index is 0.0306. The van der Waals surface area contributed by atoms with E-state index in [0.717, 1.165) is 37.0 Å². The number of para-hydroxylation sites is 2. The summed E-state index contributed by atoms with van der Waals surface area (Å²) in [7, 11) is 0. The minimum atomic E-state index is -0.0306. The van der Waals surface area contributed by atoms with Crippen LogP contribution in [0.5, 0.6) is 0 Å². The van der Waals surface area contributed by atoms with Gasteiger partial charge in [0.15, 0.2) is 0 Å². The van der Waals surface area contributed by atoms with Gasteiger partial charge in [-0.2, -0.15) is 0 Å². The number of aryl methyl sites for hydroxylation is 1. The molecule has 0 aliphatic carbocycles. The molecule has 2 aromatic rings. The molecule has 1 aromatic carbocycles. The summed E-state index contributed by atoms with van der Waals surface area (Å²) in [6, 6.07) is 7.86. The molecule has 1 N–H and O–H groups in total. The first-order valence-corrected chi connectivity index (χ1v) is 8.18. The number of carbonyl (C=O) groups excluding carboxylic acids is 2. The Bertz CT molecular complexity index is 689. The molecule has 0 spiro atoms. The Hall–Kier alpha value is -2.37. The zero-order valence-corrected chi connectivity index (χ0v) is 13.2. The second kappa shape index (κ2) is 7.26. The van der Waals surface area contributed by atoms with Crippen LogP contribution in [0.1, 0.15) is 25.7 Å². The SMILES string of the molecule is O=C(CCn1cnc2ccccc21)NCCC(=O)N1CCCC1. The number of nitrogens with one attached hydrogen (secondary N) is 1. The van der Waals surface area contributed by atoms with Crippen molar-refractivity contribution in [3.05, 3.63) is 30.6 Å². The van der Waals surface area contributed by atoms with Crippen molar-refractivity contribution < 1.29 is 9.59 Å². The molecule has 2 heterocycles. The fourth-order valence-corrected chi connectivity index (χ4v) is 2.93. The molecule has 0 bridgehead atoms. The fraction of sp³-hybridized carbons (Fsp3) is 0.471. The van der Waals surface area contributed by atoms with Crippen molar-refractivity contribution in [2.24, 2.45) is 0 Å². The molecule has 1 aliphatic rings. The third-order valence-electron chi connectivity index (χ3n) is 4.23. The van der Waals surface area contributed by atoms with Gasteiger partial charge in [0, 0.05) is 39.0 Å². The number of hydrogen-bond acceptors (Lipinski definition) is 3. The van der Waals surface area contributed by atoms with Crippen LogP contribution in [-0.4, -0.2) is 45.9 Å². The maximum Gasteiger partial charge on any atom is 0.224 e. The molecule has 1 saturated heterocycles. The average molecular weight is 314 g/mol. The van der Waals surface area contributed by atoms with E-state index in [0.29, 0.717) is 25.9 Å². The molecule has 3 rings (SSSR count). The topological polar surface area (TPSA) is 67.2 Å². The van der Waals surface area contributed by atoms with E-state index in [1.807, 2.05) is 33.7 Å². The van der Waals surface area contributed by atoms with E-state index in [1.165, 1.54) is 0 Å². The van der Waals surface area contributed by atoms with Gasteiger partial charge < -0.3 is 14.8 Å². The fourth-order valence-electron chi connectivity index (χ4n) is 2.93. The molecule has 23 heavy (non-hydrogen) atoms. The Labute approximate surface area is 135 Å². The first-order chi connectivity index (χ1) is 11.2. The largest absolute Gasteiger partial charge is 0.356 e. The first kappa shape index (κ1) is 15.5. The molecule has 1 fully saturated rings. The summed E-state index contributed by atoms with van der Waals surface area (Å²) in [6.45, 7) is 2.73. The number of likely N-dealkylation sites (tertiary alicyclic amines) is 1. The number of rotatable bonds is 6. The highest BCUT2D eigenvalue weighted by Crippen LogP contribution is 2.12. The summed E-state index contributed by atoms with van der Waals surface area (Å²) >= 11 is 0. The second-order valence-corrected chi connectivity index (χ2v) is 5.86. The summed E-state index contributed by atoms with van der Waals surface area (Å²) in [6.07, 6.45) is 4.72. The zero-order valence-electron chi connectivity index (χ0n) is 13.2. The molecule has 0 saturated carbocycles. The molecule has 1 aliphatic heterocycles. The minimum Gasteiger partial charge on any atom is -0.356 e. The van der Waals surface area contributed by atoms with Crippen LogP contribution in [0, 0.1) is 0 Å². The highest BCUT2D eigenvalue weighted by Gasteiger charge is 2.17. The lowest BCUT2D eigenvalue weighted by Gasteiger charge is -2.15. The predicted molar refractivity (Wildman–Crippen MR) is 87.8 cm³/mol. The van der Waals surface area contributed by atoms with Crippen LogP contribution in [0.4, 0.5) is 0 Å². The maximum atomic E-state index is 11.9. The van der Waals surface area contributed by atoms with Crippen LogP contribution in [0.25, 0.3) is 11.0 Å². The van der Waals surface area contributed by atoms with Crippen LogP contribution >= 0.6 is 0 Å². The van der Waals surface area contributed by atoms with Crippen molar-refractivity contribution in [3.8, 4) is 0 Å². The van der Waals surface area contributed by atoms with Crippen molar-refractivity contribution in [2.75, 3.05) is 19.6 Å². The molecular weight excluding hydrogens is 292 g/mol. The van der Waals surface area contributed by atoms with E-state index < -0.39 is 0 Å². The van der Waals surface area contributed by atoms with Crippen molar-refractivity contribution in [3.63, 3.8) is 0 Å². The quantitative estimate of drug-likeness (QED) is 0.880. The highest BCUT2D eigenvalue weighted by molar-refractivity contribution is 5.79. The third-order valence-corrected chi connectivity index (χ3v) is 4.23. The van der Waals surface area contributed by atoms with Crippen molar-refractivity contribution >= 4 is 22.8 Å². The van der Waals surface area contributed by atoms with Crippen molar-refractivity contribution in [2.45, 2.75) is 32.2 Å². The van der Waals surface area contributed by atoms with Gasteiger partial charge in [-0.1, -0.05) is 12.1 Å². The maximum absolute atomic E-state index is 11.9. The van der Waals surface area contributed by atoms with Crippen LogP contribution in [-0.2, 0) is 16.1 Å². The summed E-state index contributed by atoms with van der Waals surface area (Å²) in [5, 5.41) is 2.83. The number of carbonyl (C=O) groups is 2. The number of hydrogen-bond donors (Lipinski definition) is 1. The third kappa shape index (κ3) is 3.88. The van der Waals surface area contributed by atoms with Crippen LogP contribution in [0.15, 0.2) is 30.6 Å². The molecule has 6 heteroatoms. The van der Waals surface area contributed by atoms with Gasteiger partial charge in [-0.3, -0.25) is 9.59 Å². The van der Waals surface area contributed by atoms with Gasteiger partial charge >= 0.3 is 0 Å². The lowest BCUT2D eigenvalue weighted by molar-refractivity contribution is -0.130. The molecule has 0 unspecified atom stereocenters. The monoisotopic (exact) mass is 314 g/mol. The zero-order chi connectivity index (χ0) is 16.1. The molecule has 2 amide bonds. The summed E-state index contributed by atoms with van der Waals surface area (Å²) < 4.78 is 1.98. The molecular formula is C17H22N4O2. The van der Waals surface area contributed by atoms with Gasteiger partial charge in [0.2, 0.25) is 11.8 Å². The van der Waals surface area contributed by atoms with Crippen molar-refractivity contribution in [1.29, 1.82) is 0 Å². The average Bonchev–Trinajstić information content (AvgIpc) is 3.23. The number of imidazole rings is 1. The lowest BCUT2D eigenvalue weighted by atomic mass is 10.3. The van der Waals surface area contributed by atoms with E-state index in [9.17, 15) is 9.59 Å². The summed E-state index contributed by atoms with van der Waals surface area (Å²) in [4.78, 5) is 30.0. The van der Waals surface area contributed by atoms with E-state index in [4.69, 9.17) is 0 Å². The van der Waals surface area contributed by atoms with Crippen LogP contribution in [0.3, 0.4) is 0 Å². The smallest absolute Gasteiger partial charge is 0.224 e. The Morgan fingerprint density at radius 3 is 2.74 bits per heavy atom. The number of nitrogens with zero attached hydrogens (tertiary/aromatic N) is 3. The van der Waals surface area contributed by atoms with Gasteiger partial charge in [0.1, 0.15) is 0 Å². The summed E-state index contributed by atoms with van der Waals surface area (Å²) in [5.41, 5.74) is 1.97. The number of benzene rings is 1. The Morgan fingerprint density at radius 1 is 1.13 bits per heavy atom. The molecule has 0 radical (unpaired) electrons. The van der Waals surface area contributed by atoms with Gasteiger partial charge in [-0.15, -0.1) is 0 Å². The van der Waals surface area contributed by atoms with Gasteiger partial charge in [-0.25, -0.2) is 4.98 Å². The van der Waals surface area contributed by atoms with E-state index >= 15 is 0 Å². The number of amides is 2. The summed E-state index contributed by atoms with van der Waals surface area (Å²) in [5.74, 6) is 0.111. The Morgan fingerprint density at radius 2 is 1.91 bits per heavy atom. The van der Waals surface area contributed by atoms with Crippen LogP contribution < -0.4 is 5.32 Å². The van der Waals surface area contributed by atoms with Gasteiger partial charge in [-0.05, 0) is 25.0 Å². The molecule has 0 atom stereocenters. The standard InChI is InChI=1S/C17H22N4O2/c22-16(18-9-7-17(23)20-10-3-4-11-20)8-12-21-13-19-14-5-1-2-6-15(14)21/h1-2,5-6,13H,3-4,7-12H2,(H,18,22). The molecule has 122 valence electrons. The highest BCUT2D eigenvalue weighted by atomic mass is 16.2. The Kier molecular flexibility index (Phi) is 4.90.